The zero-order valence-electron chi connectivity index (χ0n) is 6.31. The van der Waals surface area contributed by atoms with Crippen molar-refractivity contribution in [1.29, 1.82) is 0 Å². The van der Waals surface area contributed by atoms with Crippen molar-refractivity contribution in [2.24, 2.45) is 0 Å². The SMILES string of the molecule is FC(F)(Oc1c[c]ccc1)C(Cl)Cl. The van der Waals surface area contributed by atoms with Gasteiger partial charge in [-0.2, -0.15) is 8.78 Å². The van der Waals surface area contributed by atoms with Crippen molar-refractivity contribution in [2.75, 3.05) is 0 Å². The smallest absolute Gasteiger partial charge is 0.428 e. The van der Waals surface area contributed by atoms with Gasteiger partial charge in [0.15, 0.2) is 0 Å². The van der Waals surface area contributed by atoms with Crippen molar-refractivity contribution >= 4 is 23.2 Å². The second-order valence-electron chi connectivity index (χ2n) is 2.20. The largest absolute Gasteiger partial charge is 0.431 e. The first-order valence-corrected chi connectivity index (χ1v) is 4.21. The van der Waals surface area contributed by atoms with Crippen LogP contribution < -0.4 is 4.74 Å². The van der Waals surface area contributed by atoms with Crippen LogP contribution in [0.2, 0.25) is 0 Å². The molecule has 0 saturated carbocycles. The van der Waals surface area contributed by atoms with Gasteiger partial charge in [0.2, 0.25) is 4.84 Å². The van der Waals surface area contributed by atoms with Crippen LogP contribution in [-0.2, 0) is 0 Å². The zero-order valence-corrected chi connectivity index (χ0v) is 7.82. The average molecular weight is 226 g/mol. The molecule has 0 spiro atoms. The minimum absolute atomic E-state index is 0.0289. The molecule has 1 aromatic carbocycles. The van der Waals surface area contributed by atoms with Crippen LogP contribution >= 0.6 is 23.2 Å². The van der Waals surface area contributed by atoms with E-state index in [0.29, 0.717) is 0 Å². The number of halogens is 4. The molecule has 0 heterocycles. The van der Waals surface area contributed by atoms with Crippen LogP contribution in [0.25, 0.3) is 0 Å². The molecule has 0 unspecified atom stereocenters. The summed E-state index contributed by atoms with van der Waals surface area (Å²) in [6.45, 7) is 0. The van der Waals surface area contributed by atoms with Crippen molar-refractivity contribution in [2.45, 2.75) is 10.9 Å². The fourth-order valence-corrected chi connectivity index (χ4v) is 0.731. The van der Waals surface area contributed by atoms with Crippen molar-refractivity contribution < 1.29 is 13.5 Å². The standard InChI is InChI=1S/C8H5Cl2F2O/c9-7(10)8(11,12)13-6-4-2-1-3-5-6/h1-2,4-5,7H. The van der Waals surface area contributed by atoms with E-state index in [4.69, 9.17) is 23.2 Å². The summed E-state index contributed by atoms with van der Waals surface area (Å²) < 4.78 is 29.7. The summed E-state index contributed by atoms with van der Waals surface area (Å²) in [6.07, 6.45) is -3.59. The van der Waals surface area contributed by atoms with Crippen molar-refractivity contribution in [3.63, 3.8) is 0 Å². The van der Waals surface area contributed by atoms with E-state index in [2.05, 4.69) is 10.8 Å². The Morgan fingerprint density at radius 2 is 2.15 bits per heavy atom. The van der Waals surface area contributed by atoms with Crippen molar-refractivity contribution in [3.8, 4) is 5.75 Å². The number of hydrogen-bond acceptors (Lipinski definition) is 1. The number of alkyl halides is 4. The van der Waals surface area contributed by atoms with Gasteiger partial charge in [0.25, 0.3) is 0 Å². The molecule has 0 aromatic heterocycles. The number of rotatable bonds is 3. The van der Waals surface area contributed by atoms with Gasteiger partial charge in [-0.3, -0.25) is 0 Å². The average Bonchev–Trinajstić information content (AvgIpc) is 2.05. The highest BCUT2D eigenvalue weighted by atomic mass is 35.5. The molecular formula is C8H5Cl2F2O. The lowest BCUT2D eigenvalue weighted by Crippen LogP contribution is -2.32. The highest BCUT2D eigenvalue weighted by molar-refractivity contribution is 6.44. The molecule has 0 aliphatic heterocycles. The maximum absolute atomic E-state index is 12.7. The Kier molecular flexibility index (Phi) is 3.33. The first-order chi connectivity index (χ1) is 6.02. The Bertz CT molecular complexity index is 264. The summed E-state index contributed by atoms with van der Waals surface area (Å²) in [6, 6.07) is 8.28. The molecule has 0 saturated heterocycles. The van der Waals surface area contributed by atoms with Crippen LogP contribution in [0.5, 0.6) is 5.75 Å². The molecule has 0 atom stereocenters. The van der Waals surface area contributed by atoms with Gasteiger partial charge in [0.05, 0.1) is 0 Å². The quantitative estimate of drug-likeness (QED) is 0.718. The highest BCUT2D eigenvalue weighted by Gasteiger charge is 2.40. The summed E-state index contributed by atoms with van der Waals surface area (Å²) in [5.41, 5.74) is 0. The second-order valence-corrected chi connectivity index (χ2v) is 3.30. The van der Waals surface area contributed by atoms with E-state index in [-0.39, 0.29) is 5.75 Å². The summed E-state index contributed by atoms with van der Waals surface area (Å²) in [7, 11) is 0. The molecule has 0 bridgehead atoms. The fraction of sp³-hybridized carbons (Fsp3) is 0.250. The zero-order chi connectivity index (χ0) is 9.90. The molecule has 0 N–H and O–H groups in total. The van der Waals surface area contributed by atoms with E-state index in [1.165, 1.54) is 18.2 Å². The summed E-state index contributed by atoms with van der Waals surface area (Å²) in [5.74, 6) is -0.0289. The van der Waals surface area contributed by atoms with Crippen molar-refractivity contribution in [1.82, 2.24) is 0 Å². The Balaban J connectivity index is 2.69. The Labute approximate surface area is 84.2 Å². The Morgan fingerprint density at radius 3 is 2.62 bits per heavy atom. The lowest BCUT2D eigenvalue weighted by molar-refractivity contribution is -0.163. The summed E-state index contributed by atoms with van der Waals surface area (Å²) in [4.78, 5) is -1.90. The van der Waals surface area contributed by atoms with Crippen LogP contribution in [0.4, 0.5) is 8.78 Å². The topological polar surface area (TPSA) is 9.23 Å². The van der Waals surface area contributed by atoms with Crippen LogP contribution in [0.15, 0.2) is 24.3 Å². The van der Waals surface area contributed by atoms with Gasteiger partial charge in [-0.15, -0.1) is 0 Å². The maximum Gasteiger partial charge on any atom is 0.428 e. The van der Waals surface area contributed by atoms with Gasteiger partial charge < -0.3 is 4.74 Å². The molecule has 13 heavy (non-hydrogen) atoms. The lowest BCUT2D eigenvalue weighted by atomic mass is 10.3. The van der Waals surface area contributed by atoms with E-state index < -0.39 is 10.9 Å². The lowest BCUT2D eigenvalue weighted by Gasteiger charge is -2.18. The van der Waals surface area contributed by atoms with Gasteiger partial charge >= 0.3 is 6.11 Å². The first-order valence-electron chi connectivity index (χ1n) is 3.33. The monoisotopic (exact) mass is 225 g/mol. The van der Waals surface area contributed by atoms with Crippen LogP contribution in [-0.4, -0.2) is 10.9 Å². The van der Waals surface area contributed by atoms with E-state index in [9.17, 15) is 8.78 Å². The number of ether oxygens (including phenoxy) is 1. The normalized spacial score (nSPS) is 11.8. The Morgan fingerprint density at radius 1 is 1.46 bits per heavy atom. The van der Waals surface area contributed by atoms with E-state index in [0.717, 1.165) is 0 Å². The molecule has 1 nitrogen and oxygen atoms in total. The third-order valence-electron chi connectivity index (χ3n) is 1.19. The molecule has 5 heteroatoms. The van der Waals surface area contributed by atoms with Crippen LogP contribution in [0.1, 0.15) is 0 Å². The molecule has 71 valence electrons. The molecular weight excluding hydrogens is 221 g/mol. The third-order valence-corrected chi connectivity index (χ3v) is 1.69. The third kappa shape index (κ3) is 3.01. The molecule has 0 aliphatic rings. The van der Waals surface area contributed by atoms with Gasteiger partial charge in [0.1, 0.15) is 5.75 Å². The molecule has 1 rings (SSSR count). The minimum Gasteiger partial charge on any atom is -0.431 e. The predicted octanol–water partition coefficient (Wildman–Crippen LogP) is 3.26. The molecule has 0 aliphatic carbocycles. The van der Waals surface area contributed by atoms with Crippen LogP contribution in [0.3, 0.4) is 0 Å². The molecule has 0 amide bonds. The van der Waals surface area contributed by atoms with E-state index in [1.807, 2.05) is 0 Å². The van der Waals surface area contributed by atoms with Gasteiger partial charge in [0, 0.05) is 0 Å². The van der Waals surface area contributed by atoms with E-state index >= 15 is 0 Å². The Hall–Kier alpha value is -0.540. The molecule has 0 fully saturated rings. The number of hydrogen-bond donors (Lipinski definition) is 0. The second kappa shape index (κ2) is 4.11. The van der Waals surface area contributed by atoms with Crippen LogP contribution in [0, 0.1) is 6.07 Å². The van der Waals surface area contributed by atoms with Gasteiger partial charge in [-0.1, -0.05) is 35.3 Å². The van der Waals surface area contributed by atoms with Gasteiger partial charge in [-0.25, -0.2) is 0 Å². The van der Waals surface area contributed by atoms with Gasteiger partial charge in [-0.05, 0) is 18.2 Å². The predicted molar refractivity (Wildman–Crippen MR) is 46.3 cm³/mol. The molecule has 1 radical (unpaired) electrons. The maximum atomic E-state index is 12.7. The van der Waals surface area contributed by atoms with E-state index in [1.54, 1.807) is 6.07 Å². The number of benzene rings is 1. The summed E-state index contributed by atoms with van der Waals surface area (Å²) in [5, 5.41) is 0. The first kappa shape index (κ1) is 10.5. The highest BCUT2D eigenvalue weighted by Crippen LogP contribution is 2.29. The molecule has 1 aromatic rings. The summed E-state index contributed by atoms with van der Waals surface area (Å²) >= 11 is 10.00. The fourth-order valence-electron chi connectivity index (χ4n) is 0.642. The minimum atomic E-state index is -3.59. The van der Waals surface area contributed by atoms with Crippen molar-refractivity contribution in [3.05, 3.63) is 30.3 Å².